The lowest BCUT2D eigenvalue weighted by atomic mass is 10.0. The van der Waals surface area contributed by atoms with Crippen LogP contribution >= 0.6 is 0 Å². The van der Waals surface area contributed by atoms with E-state index in [1.165, 1.54) is 17.0 Å². The van der Waals surface area contributed by atoms with Crippen LogP contribution in [0.15, 0.2) is 78.9 Å². The van der Waals surface area contributed by atoms with Gasteiger partial charge in [0.15, 0.2) is 0 Å². The molecule has 0 bridgehead atoms. The Morgan fingerprint density at radius 2 is 1.66 bits per heavy atom. The molecule has 0 aliphatic heterocycles. The largest absolute Gasteiger partial charge is 0.332 e. The number of halogens is 1. The summed E-state index contributed by atoms with van der Waals surface area (Å²) in [4.78, 5) is 31.8. The number of carbonyl (C=O) groups excluding carboxylic acids is 2. The van der Waals surface area contributed by atoms with Crippen molar-refractivity contribution >= 4 is 28.4 Å². The molecule has 160 valence electrons. The highest BCUT2D eigenvalue weighted by Crippen LogP contribution is 2.26. The van der Waals surface area contributed by atoms with Gasteiger partial charge in [-0.25, -0.2) is 9.37 Å². The van der Waals surface area contributed by atoms with E-state index in [-0.39, 0.29) is 24.2 Å². The van der Waals surface area contributed by atoms with Gasteiger partial charge >= 0.3 is 0 Å². The molecule has 0 fully saturated rings. The fourth-order valence-electron chi connectivity index (χ4n) is 3.45. The van der Waals surface area contributed by atoms with Gasteiger partial charge in [0.2, 0.25) is 5.91 Å². The number of carbonyl (C=O) groups is 2. The van der Waals surface area contributed by atoms with Gasteiger partial charge in [-0.15, -0.1) is 0 Å². The van der Waals surface area contributed by atoms with E-state index in [1.807, 2.05) is 55.5 Å². The third-order valence-electron chi connectivity index (χ3n) is 5.15. The summed E-state index contributed by atoms with van der Waals surface area (Å²) in [7, 11) is 1.59. The molecule has 1 N–H and O–H groups in total. The minimum Gasteiger partial charge on any atom is -0.332 e. The molecule has 3 aromatic carbocycles. The Balaban J connectivity index is 1.61. The first-order valence-corrected chi connectivity index (χ1v) is 10.2. The topological polar surface area (TPSA) is 62.3 Å². The molecule has 0 saturated heterocycles. The predicted octanol–water partition coefficient (Wildman–Crippen LogP) is 5.06. The molecule has 32 heavy (non-hydrogen) atoms. The lowest BCUT2D eigenvalue weighted by Gasteiger charge is -2.18. The highest BCUT2D eigenvalue weighted by atomic mass is 19.1. The predicted molar refractivity (Wildman–Crippen MR) is 124 cm³/mol. The van der Waals surface area contributed by atoms with Crippen LogP contribution in [0.2, 0.25) is 0 Å². The summed E-state index contributed by atoms with van der Waals surface area (Å²) >= 11 is 0. The molecule has 1 heterocycles. The molecule has 0 atom stereocenters. The zero-order valence-corrected chi connectivity index (χ0v) is 17.8. The maximum absolute atomic E-state index is 13.3. The molecule has 5 nitrogen and oxygen atoms in total. The fraction of sp³-hybridized carbons (Fsp3) is 0.115. The van der Waals surface area contributed by atoms with Crippen molar-refractivity contribution in [1.82, 2.24) is 9.88 Å². The standard InChI is InChI=1S/C26H22FN3O2/c1-17-7-13-20(14-8-17)28-25(31)16-30(2)26(32)22-15-24(18-9-11-19(27)12-10-18)29-23-6-4-3-5-21(22)23/h3-15H,16H2,1-2H3,(H,28,31). The van der Waals surface area contributed by atoms with E-state index in [9.17, 15) is 14.0 Å². The zero-order valence-electron chi connectivity index (χ0n) is 17.8. The quantitative estimate of drug-likeness (QED) is 0.484. The van der Waals surface area contributed by atoms with E-state index in [0.717, 1.165) is 5.56 Å². The average molecular weight is 427 g/mol. The number of likely N-dealkylation sites (N-methyl/N-ethyl adjacent to an activating group) is 1. The molecule has 0 saturated carbocycles. The van der Waals surface area contributed by atoms with E-state index in [1.54, 1.807) is 25.2 Å². The Morgan fingerprint density at radius 1 is 0.969 bits per heavy atom. The van der Waals surface area contributed by atoms with E-state index >= 15 is 0 Å². The fourth-order valence-corrected chi connectivity index (χ4v) is 3.45. The summed E-state index contributed by atoms with van der Waals surface area (Å²) in [6.45, 7) is 1.87. The molecule has 0 spiro atoms. The molecular weight excluding hydrogens is 405 g/mol. The Kier molecular flexibility index (Phi) is 5.94. The number of amides is 2. The number of nitrogens with one attached hydrogen (secondary N) is 1. The van der Waals surface area contributed by atoms with Crippen LogP contribution in [-0.2, 0) is 4.79 Å². The number of pyridine rings is 1. The second-order valence-corrected chi connectivity index (χ2v) is 7.65. The Bertz CT molecular complexity index is 1280. The van der Waals surface area contributed by atoms with Gasteiger partial charge in [0.25, 0.3) is 5.91 Å². The smallest absolute Gasteiger partial charge is 0.254 e. The average Bonchev–Trinajstić information content (AvgIpc) is 2.79. The van der Waals surface area contributed by atoms with Crippen LogP contribution in [0, 0.1) is 12.7 Å². The number of aromatic nitrogens is 1. The molecule has 0 aliphatic carbocycles. The summed E-state index contributed by atoms with van der Waals surface area (Å²) in [5.41, 5.74) is 4.11. The monoisotopic (exact) mass is 427 g/mol. The van der Waals surface area contributed by atoms with Crippen molar-refractivity contribution in [2.75, 3.05) is 18.9 Å². The molecule has 0 radical (unpaired) electrons. The lowest BCUT2D eigenvalue weighted by Crippen LogP contribution is -2.35. The van der Waals surface area contributed by atoms with E-state index < -0.39 is 0 Å². The number of nitrogens with zero attached hydrogens (tertiary/aromatic N) is 2. The van der Waals surface area contributed by atoms with Gasteiger partial charge in [0.1, 0.15) is 5.82 Å². The minimum atomic E-state index is -0.342. The van der Waals surface area contributed by atoms with Gasteiger partial charge in [0, 0.05) is 23.7 Å². The summed E-state index contributed by atoms with van der Waals surface area (Å²) in [6.07, 6.45) is 0. The lowest BCUT2D eigenvalue weighted by molar-refractivity contribution is -0.116. The van der Waals surface area contributed by atoms with Crippen molar-refractivity contribution in [2.45, 2.75) is 6.92 Å². The highest BCUT2D eigenvalue weighted by Gasteiger charge is 2.19. The van der Waals surface area contributed by atoms with Crippen molar-refractivity contribution in [3.63, 3.8) is 0 Å². The van der Waals surface area contributed by atoms with Gasteiger partial charge in [-0.05, 0) is 55.5 Å². The summed E-state index contributed by atoms with van der Waals surface area (Å²) in [5.74, 6) is -0.932. The number of aryl methyl sites for hydroxylation is 1. The number of anilines is 1. The molecular formula is C26H22FN3O2. The Labute approximate surface area is 185 Å². The van der Waals surface area contributed by atoms with Gasteiger partial charge in [-0.2, -0.15) is 0 Å². The number of rotatable bonds is 5. The van der Waals surface area contributed by atoms with Gasteiger partial charge < -0.3 is 10.2 Å². The third-order valence-corrected chi connectivity index (χ3v) is 5.15. The van der Waals surface area contributed by atoms with Crippen molar-refractivity contribution in [2.24, 2.45) is 0 Å². The van der Waals surface area contributed by atoms with Crippen LogP contribution in [0.25, 0.3) is 22.2 Å². The number of para-hydroxylation sites is 1. The zero-order chi connectivity index (χ0) is 22.7. The minimum absolute atomic E-state index is 0.102. The summed E-state index contributed by atoms with van der Waals surface area (Å²) in [6, 6.07) is 22.4. The maximum atomic E-state index is 13.3. The van der Waals surface area contributed by atoms with Crippen molar-refractivity contribution < 1.29 is 14.0 Å². The van der Waals surface area contributed by atoms with Crippen LogP contribution in [0.5, 0.6) is 0 Å². The second kappa shape index (κ2) is 8.98. The third kappa shape index (κ3) is 4.64. The molecule has 4 aromatic rings. The molecule has 0 aliphatic rings. The first-order valence-electron chi connectivity index (χ1n) is 10.2. The van der Waals surface area contributed by atoms with Crippen molar-refractivity contribution in [1.29, 1.82) is 0 Å². The van der Waals surface area contributed by atoms with Gasteiger partial charge in [-0.1, -0.05) is 35.9 Å². The second-order valence-electron chi connectivity index (χ2n) is 7.65. The number of fused-ring (bicyclic) bond motifs is 1. The highest BCUT2D eigenvalue weighted by molar-refractivity contribution is 6.08. The van der Waals surface area contributed by atoms with Gasteiger partial charge in [0.05, 0.1) is 23.3 Å². The Morgan fingerprint density at radius 3 is 2.38 bits per heavy atom. The van der Waals surface area contributed by atoms with Gasteiger partial charge in [-0.3, -0.25) is 9.59 Å². The normalized spacial score (nSPS) is 10.7. The van der Waals surface area contributed by atoms with Crippen LogP contribution in [-0.4, -0.2) is 35.3 Å². The van der Waals surface area contributed by atoms with E-state index in [0.29, 0.717) is 33.4 Å². The summed E-state index contributed by atoms with van der Waals surface area (Å²) < 4.78 is 13.3. The van der Waals surface area contributed by atoms with Crippen LogP contribution in [0.4, 0.5) is 10.1 Å². The van der Waals surface area contributed by atoms with Crippen molar-refractivity contribution in [3.05, 3.63) is 95.8 Å². The van der Waals surface area contributed by atoms with E-state index in [4.69, 9.17) is 0 Å². The van der Waals surface area contributed by atoms with Crippen LogP contribution in [0.1, 0.15) is 15.9 Å². The van der Waals surface area contributed by atoms with Crippen molar-refractivity contribution in [3.8, 4) is 11.3 Å². The number of benzene rings is 3. The molecule has 1 aromatic heterocycles. The summed E-state index contributed by atoms with van der Waals surface area (Å²) in [5, 5.41) is 3.49. The first-order chi connectivity index (χ1) is 15.4. The number of hydrogen-bond acceptors (Lipinski definition) is 3. The maximum Gasteiger partial charge on any atom is 0.254 e. The van der Waals surface area contributed by atoms with E-state index in [2.05, 4.69) is 10.3 Å². The molecule has 4 rings (SSSR count). The first kappa shape index (κ1) is 21.2. The van der Waals surface area contributed by atoms with Crippen LogP contribution in [0.3, 0.4) is 0 Å². The molecule has 2 amide bonds. The molecule has 6 heteroatoms. The number of hydrogen-bond donors (Lipinski definition) is 1. The SMILES string of the molecule is Cc1ccc(NC(=O)CN(C)C(=O)c2cc(-c3ccc(F)cc3)nc3ccccc23)cc1. The Hall–Kier alpha value is -4.06. The van der Waals surface area contributed by atoms with Crippen LogP contribution < -0.4 is 5.32 Å². The molecule has 0 unspecified atom stereocenters.